The molecule has 0 aliphatic heterocycles. The van der Waals surface area contributed by atoms with Crippen LogP contribution in [0.3, 0.4) is 0 Å². The van der Waals surface area contributed by atoms with Crippen LogP contribution < -0.4 is 15.2 Å². The zero-order valence-corrected chi connectivity index (χ0v) is 11.6. The molecular weight excluding hydrogens is 256 g/mol. The van der Waals surface area contributed by atoms with Gasteiger partial charge in [-0.15, -0.1) is 0 Å². The molecule has 0 bridgehead atoms. The third-order valence-electron chi connectivity index (χ3n) is 3.53. The van der Waals surface area contributed by atoms with Crippen LogP contribution in [0.1, 0.15) is 42.0 Å². The maximum atomic E-state index is 6.22. The van der Waals surface area contributed by atoms with E-state index in [0.29, 0.717) is 23.2 Å². The molecule has 1 aliphatic rings. The van der Waals surface area contributed by atoms with Crippen LogP contribution in [-0.2, 0) is 0 Å². The smallest absolute Gasteiger partial charge is 0.171 e. The number of ether oxygens (including phenoxy) is 2. The Kier molecular flexibility index (Phi) is 3.31. The fourth-order valence-electron chi connectivity index (χ4n) is 2.16. The second-order valence-electron chi connectivity index (χ2n) is 4.95. The average molecular weight is 274 g/mol. The van der Waals surface area contributed by atoms with Gasteiger partial charge in [0.15, 0.2) is 17.3 Å². The van der Waals surface area contributed by atoms with E-state index < -0.39 is 0 Å². The van der Waals surface area contributed by atoms with Crippen molar-refractivity contribution in [2.75, 3.05) is 14.2 Å². The Balaban J connectivity index is 1.86. The first kappa shape index (κ1) is 12.9. The van der Waals surface area contributed by atoms with Crippen molar-refractivity contribution in [2.45, 2.75) is 24.8 Å². The van der Waals surface area contributed by atoms with Crippen LogP contribution in [0.15, 0.2) is 18.2 Å². The molecule has 0 saturated heterocycles. The minimum absolute atomic E-state index is 0.376. The molecule has 3 rings (SSSR count). The monoisotopic (exact) mass is 274 g/mol. The molecule has 1 saturated carbocycles. The highest BCUT2D eigenvalue weighted by Crippen LogP contribution is 2.38. The van der Waals surface area contributed by atoms with E-state index in [1.807, 2.05) is 18.2 Å². The molecule has 20 heavy (non-hydrogen) atoms. The van der Waals surface area contributed by atoms with Gasteiger partial charge < -0.3 is 15.2 Å². The quantitative estimate of drug-likeness (QED) is 0.867. The largest absolute Gasteiger partial charge is 0.493 e. The number of hydrogen-bond donors (Lipinski definition) is 2. The number of benzene rings is 1. The first-order chi connectivity index (χ1) is 9.72. The van der Waals surface area contributed by atoms with Crippen LogP contribution in [0.2, 0.25) is 0 Å². The van der Waals surface area contributed by atoms with Gasteiger partial charge in [0.1, 0.15) is 5.82 Å². The summed E-state index contributed by atoms with van der Waals surface area (Å²) in [5, 5.41) is 7.19. The molecule has 1 unspecified atom stereocenters. The maximum absolute atomic E-state index is 6.22. The third-order valence-corrected chi connectivity index (χ3v) is 3.53. The van der Waals surface area contributed by atoms with Crippen molar-refractivity contribution in [3.8, 4) is 11.5 Å². The predicted molar refractivity (Wildman–Crippen MR) is 73.9 cm³/mol. The first-order valence-corrected chi connectivity index (χ1v) is 6.62. The molecule has 0 spiro atoms. The standard InChI is InChI=1S/C14H18N4O2/c1-19-10-6-5-9(7-11(10)20-2)12(15)14-16-13(17-18-14)8-3-4-8/h5-8,12H,3-4,15H2,1-2H3,(H,16,17,18). The van der Waals surface area contributed by atoms with Crippen molar-refractivity contribution in [3.05, 3.63) is 35.4 Å². The lowest BCUT2D eigenvalue weighted by molar-refractivity contribution is 0.354. The number of aromatic amines is 1. The number of aromatic nitrogens is 3. The summed E-state index contributed by atoms with van der Waals surface area (Å²) in [4.78, 5) is 4.48. The van der Waals surface area contributed by atoms with E-state index in [2.05, 4.69) is 15.2 Å². The Morgan fingerprint density at radius 3 is 2.65 bits per heavy atom. The van der Waals surface area contributed by atoms with E-state index in [1.165, 1.54) is 12.8 Å². The summed E-state index contributed by atoms with van der Waals surface area (Å²) >= 11 is 0. The summed E-state index contributed by atoms with van der Waals surface area (Å²) in [5.41, 5.74) is 7.12. The number of H-pyrrole nitrogens is 1. The summed E-state index contributed by atoms with van der Waals surface area (Å²) in [6.07, 6.45) is 2.36. The Bertz CT molecular complexity index is 607. The highest BCUT2D eigenvalue weighted by molar-refractivity contribution is 5.44. The highest BCUT2D eigenvalue weighted by Gasteiger charge is 2.28. The topological polar surface area (TPSA) is 86.0 Å². The summed E-state index contributed by atoms with van der Waals surface area (Å²) in [6, 6.07) is 5.22. The van der Waals surface area contributed by atoms with E-state index in [-0.39, 0.29) is 6.04 Å². The zero-order valence-electron chi connectivity index (χ0n) is 11.6. The Morgan fingerprint density at radius 1 is 1.25 bits per heavy atom. The lowest BCUT2D eigenvalue weighted by Crippen LogP contribution is -2.14. The van der Waals surface area contributed by atoms with E-state index in [0.717, 1.165) is 11.4 Å². The van der Waals surface area contributed by atoms with Crippen molar-refractivity contribution in [1.29, 1.82) is 0 Å². The number of hydrogen-bond acceptors (Lipinski definition) is 5. The number of rotatable bonds is 5. The fraction of sp³-hybridized carbons (Fsp3) is 0.429. The van der Waals surface area contributed by atoms with Gasteiger partial charge in [-0.1, -0.05) is 6.07 Å². The second kappa shape index (κ2) is 5.13. The van der Waals surface area contributed by atoms with Crippen LogP contribution in [0.4, 0.5) is 0 Å². The molecule has 6 nitrogen and oxygen atoms in total. The van der Waals surface area contributed by atoms with Crippen molar-refractivity contribution in [2.24, 2.45) is 5.73 Å². The minimum atomic E-state index is -0.376. The molecule has 106 valence electrons. The molecular formula is C14H18N4O2. The first-order valence-electron chi connectivity index (χ1n) is 6.62. The Labute approximate surface area is 117 Å². The van der Waals surface area contributed by atoms with Crippen LogP contribution in [0.5, 0.6) is 11.5 Å². The van der Waals surface area contributed by atoms with Crippen molar-refractivity contribution in [3.63, 3.8) is 0 Å². The van der Waals surface area contributed by atoms with E-state index in [4.69, 9.17) is 15.2 Å². The molecule has 0 amide bonds. The Morgan fingerprint density at radius 2 is 2.00 bits per heavy atom. The van der Waals surface area contributed by atoms with E-state index >= 15 is 0 Å². The molecule has 1 heterocycles. The minimum Gasteiger partial charge on any atom is -0.493 e. The lowest BCUT2D eigenvalue weighted by atomic mass is 10.1. The van der Waals surface area contributed by atoms with Crippen molar-refractivity contribution < 1.29 is 9.47 Å². The van der Waals surface area contributed by atoms with Crippen molar-refractivity contribution in [1.82, 2.24) is 15.2 Å². The van der Waals surface area contributed by atoms with Gasteiger partial charge in [-0.05, 0) is 30.5 Å². The van der Waals surface area contributed by atoms with Gasteiger partial charge in [0.25, 0.3) is 0 Å². The Hall–Kier alpha value is -2.08. The van der Waals surface area contributed by atoms with Gasteiger partial charge in [-0.2, -0.15) is 5.10 Å². The molecule has 1 fully saturated rings. The van der Waals surface area contributed by atoms with Gasteiger partial charge in [0.2, 0.25) is 0 Å². The SMILES string of the molecule is COc1ccc(C(N)c2n[nH]c(C3CC3)n2)cc1OC. The fourth-order valence-corrected chi connectivity index (χ4v) is 2.16. The molecule has 1 aromatic carbocycles. The molecule has 2 aromatic rings. The number of methoxy groups -OCH3 is 2. The summed E-state index contributed by atoms with van der Waals surface area (Å²) in [7, 11) is 3.21. The van der Waals surface area contributed by atoms with Gasteiger partial charge in [-0.3, -0.25) is 5.10 Å². The van der Waals surface area contributed by atoms with Crippen LogP contribution in [-0.4, -0.2) is 29.4 Å². The van der Waals surface area contributed by atoms with Crippen LogP contribution >= 0.6 is 0 Å². The van der Waals surface area contributed by atoms with Crippen LogP contribution in [0, 0.1) is 0 Å². The van der Waals surface area contributed by atoms with E-state index in [1.54, 1.807) is 14.2 Å². The number of nitrogens with one attached hydrogen (secondary N) is 1. The van der Waals surface area contributed by atoms with Gasteiger partial charge in [0, 0.05) is 5.92 Å². The highest BCUT2D eigenvalue weighted by atomic mass is 16.5. The number of nitrogens with zero attached hydrogens (tertiary/aromatic N) is 2. The molecule has 1 aromatic heterocycles. The predicted octanol–water partition coefficient (Wildman–Crippen LogP) is 1.75. The summed E-state index contributed by atoms with van der Waals surface area (Å²) < 4.78 is 10.5. The summed E-state index contributed by atoms with van der Waals surface area (Å²) in [5.74, 6) is 3.42. The molecule has 1 aliphatic carbocycles. The molecule has 0 radical (unpaired) electrons. The molecule has 1 atom stereocenters. The van der Waals surface area contributed by atoms with Crippen molar-refractivity contribution >= 4 is 0 Å². The zero-order chi connectivity index (χ0) is 14.1. The van der Waals surface area contributed by atoms with Crippen LogP contribution in [0.25, 0.3) is 0 Å². The third kappa shape index (κ3) is 2.34. The summed E-state index contributed by atoms with van der Waals surface area (Å²) in [6.45, 7) is 0. The molecule has 3 N–H and O–H groups in total. The second-order valence-corrected chi connectivity index (χ2v) is 4.95. The average Bonchev–Trinajstić information content (AvgIpc) is 3.23. The number of nitrogens with two attached hydrogens (primary N) is 1. The van der Waals surface area contributed by atoms with E-state index in [9.17, 15) is 0 Å². The van der Waals surface area contributed by atoms with Gasteiger partial charge >= 0.3 is 0 Å². The van der Waals surface area contributed by atoms with Gasteiger partial charge in [0.05, 0.1) is 20.3 Å². The molecule has 6 heteroatoms. The lowest BCUT2D eigenvalue weighted by Gasteiger charge is -2.12. The van der Waals surface area contributed by atoms with Gasteiger partial charge in [-0.25, -0.2) is 4.98 Å². The maximum Gasteiger partial charge on any atom is 0.171 e. The normalized spacial score (nSPS) is 15.9.